The molecule has 0 saturated carbocycles. The number of nitriles is 1. The van der Waals surface area contributed by atoms with Crippen LogP contribution in [0.3, 0.4) is 0 Å². The lowest BCUT2D eigenvalue weighted by atomic mass is 10.2. The third kappa shape index (κ3) is 3.51. The van der Waals surface area contributed by atoms with Gasteiger partial charge < -0.3 is 10.5 Å². The second-order valence-electron chi connectivity index (χ2n) is 3.42. The van der Waals surface area contributed by atoms with Gasteiger partial charge in [0.05, 0.1) is 23.9 Å². The highest BCUT2D eigenvalue weighted by Crippen LogP contribution is 2.22. The number of ether oxygens (including phenoxy) is 1. The summed E-state index contributed by atoms with van der Waals surface area (Å²) in [6, 6.07) is 7.13. The van der Waals surface area contributed by atoms with Crippen LogP contribution >= 0.6 is 0 Å². The number of benzene rings is 1. The summed E-state index contributed by atoms with van der Waals surface area (Å²) in [6.45, 7) is 2.80. The van der Waals surface area contributed by atoms with E-state index in [1.54, 1.807) is 18.2 Å². The first-order chi connectivity index (χ1) is 7.27. The molecule has 0 radical (unpaired) electrons. The zero-order chi connectivity index (χ0) is 11.1. The molecule has 0 aromatic heterocycles. The van der Waals surface area contributed by atoms with Crippen molar-refractivity contribution in [3.05, 3.63) is 23.8 Å². The number of unbranched alkanes of at least 4 members (excludes halogenated alkanes) is 2. The molecule has 3 nitrogen and oxygen atoms in total. The number of rotatable bonds is 5. The number of anilines is 1. The number of hydrogen-bond acceptors (Lipinski definition) is 3. The third-order valence-corrected chi connectivity index (χ3v) is 2.15. The molecule has 0 unspecified atom stereocenters. The molecule has 0 spiro atoms. The van der Waals surface area contributed by atoms with Crippen LogP contribution in [-0.4, -0.2) is 6.61 Å². The molecule has 3 heteroatoms. The van der Waals surface area contributed by atoms with Gasteiger partial charge in [0.25, 0.3) is 0 Å². The molecule has 80 valence electrons. The highest BCUT2D eigenvalue weighted by atomic mass is 16.5. The van der Waals surface area contributed by atoms with E-state index in [-0.39, 0.29) is 0 Å². The van der Waals surface area contributed by atoms with Gasteiger partial charge in [0, 0.05) is 6.07 Å². The van der Waals surface area contributed by atoms with E-state index >= 15 is 0 Å². The fraction of sp³-hybridized carbons (Fsp3) is 0.417. The van der Waals surface area contributed by atoms with Crippen LogP contribution in [0.15, 0.2) is 18.2 Å². The minimum absolute atomic E-state index is 0.578. The van der Waals surface area contributed by atoms with Crippen LogP contribution in [0.4, 0.5) is 5.69 Å². The lowest BCUT2D eigenvalue weighted by Crippen LogP contribution is -2.00. The number of nitrogens with two attached hydrogens (primary N) is 1. The minimum Gasteiger partial charge on any atom is -0.491 e. The summed E-state index contributed by atoms with van der Waals surface area (Å²) in [5.41, 5.74) is 6.89. The predicted octanol–water partition coefficient (Wildman–Crippen LogP) is 2.71. The van der Waals surface area contributed by atoms with Gasteiger partial charge in [-0.2, -0.15) is 5.26 Å². The Bertz CT molecular complexity index is 355. The summed E-state index contributed by atoms with van der Waals surface area (Å²) in [4.78, 5) is 0. The maximum Gasteiger partial charge on any atom is 0.143 e. The highest BCUT2D eigenvalue weighted by Gasteiger charge is 2.01. The van der Waals surface area contributed by atoms with Gasteiger partial charge in [-0.05, 0) is 18.6 Å². The molecule has 1 rings (SSSR count). The normalized spacial score (nSPS) is 9.60. The van der Waals surface area contributed by atoms with Crippen LogP contribution in [0, 0.1) is 11.3 Å². The Labute approximate surface area is 90.5 Å². The maximum atomic E-state index is 8.72. The van der Waals surface area contributed by atoms with Crippen molar-refractivity contribution in [2.24, 2.45) is 0 Å². The first-order valence-electron chi connectivity index (χ1n) is 5.20. The van der Waals surface area contributed by atoms with E-state index < -0.39 is 0 Å². The summed E-state index contributed by atoms with van der Waals surface area (Å²) in [5, 5.41) is 8.72. The summed E-state index contributed by atoms with van der Waals surface area (Å²) in [5.74, 6) is 0.616. The molecule has 1 aromatic rings. The van der Waals surface area contributed by atoms with E-state index in [2.05, 4.69) is 13.0 Å². The second kappa shape index (κ2) is 5.92. The van der Waals surface area contributed by atoms with Gasteiger partial charge in [0.2, 0.25) is 0 Å². The first kappa shape index (κ1) is 11.4. The molecule has 15 heavy (non-hydrogen) atoms. The molecule has 0 bridgehead atoms. The lowest BCUT2D eigenvalue weighted by molar-refractivity contribution is 0.308. The maximum absolute atomic E-state index is 8.72. The van der Waals surface area contributed by atoms with Crippen molar-refractivity contribution in [2.75, 3.05) is 12.3 Å². The minimum atomic E-state index is 0.578. The summed E-state index contributed by atoms with van der Waals surface area (Å²) < 4.78 is 5.51. The Kier molecular flexibility index (Phi) is 4.49. The van der Waals surface area contributed by atoms with Crippen molar-refractivity contribution in [1.29, 1.82) is 5.26 Å². The fourth-order valence-corrected chi connectivity index (χ4v) is 1.26. The summed E-state index contributed by atoms with van der Waals surface area (Å²) in [7, 11) is 0. The molecule has 0 amide bonds. The van der Waals surface area contributed by atoms with Crippen molar-refractivity contribution < 1.29 is 4.74 Å². The van der Waals surface area contributed by atoms with Crippen molar-refractivity contribution >= 4 is 5.69 Å². The summed E-state index contributed by atoms with van der Waals surface area (Å²) in [6.07, 6.45) is 3.33. The van der Waals surface area contributed by atoms with Crippen LogP contribution in [0.5, 0.6) is 5.75 Å². The van der Waals surface area contributed by atoms with Crippen LogP contribution in [0.2, 0.25) is 0 Å². The zero-order valence-corrected chi connectivity index (χ0v) is 8.99. The van der Waals surface area contributed by atoms with Crippen LogP contribution in [0.1, 0.15) is 31.7 Å². The average molecular weight is 204 g/mol. The van der Waals surface area contributed by atoms with Crippen LogP contribution in [0.25, 0.3) is 0 Å². The van der Waals surface area contributed by atoms with E-state index in [1.807, 2.05) is 0 Å². The molecule has 0 fully saturated rings. The van der Waals surface area contributed by atoms with E-state index in [9.17, 15) is 0 Å². The molecule has 0 heterocycles. The first-order valence-corrected chi connectivity index (χ1v) is 5.20. The highest BCUT2D eigenvalue weighted by molar-refractivity contribution is 5.55. The van der Waals surface area contributed by atoms with Gasteiger partial charge in [-0.1, -0.05) is 19.8 Å². The Morgan fingerprint density at radius 2 is 2.20 bits per heavy atom. The number of hydrogen-bond donors (Lipinski definition) is 1. The second-order valence-corrected chi connectivity index (χ2v) is 3.42. The zero-order valence-electron chi connectivity index (χ0n) is 8.99. The monoisotopic (exact) mass is 204 g/mol. The molecule has 1 aromatic carbocycles. The van der Waals surface area contributed by atoms with E-state index in [0.717, 1.165) is 19.3 Å². The fourth-order valence-electron chi connectivity index (χ4n) is 1.26. The van der Waals surface area contributed by atoms with Gasteiger partial charge >= 0.3 is 0 Å². The van der Waals surface area contributed by atoms with Crippen molar-refractivity contribution in [3.8, 4) is 11.8 Å². The Balaban J connectivity index is 2.56. The van der Waals surface area contributed by atoms with Crippen molar-refractivity contribution in [3.63, 3.8) is 0 Å². The van der Waals surface area contributed by atoms with Crippen molar-refractivity contribution in [1.82, 2.24) is 0 Å². The molecule has 0 aliphatic heterocycles. The smallest absolute Gasteiger partial charge is 0.143 e. The quantitative estimate of drug-likeness (QED) is 0.592. The van der Waals surface area contributed by atoms with Gasteiger partial charge in [0.15, 0.2) is 0 Å². The summed E-state index contributed by atoms with van der Waals surface area (Å²) >= 11 is 0. The standard InChI is InChI=1S/C12H16N2O/c1-2-3-4-7-15-12-8-10(9-13)5-6-11(12)14/h5-6,8H,2-4,7,14H2,1H3. The van der Waals surface area contributed by atoms with E-state index in [4.69, 9.17) is 15.7 Å². The molecule has 0 aliphatic rings. The Hall–Kier alpha value is -1.69. The molecular formula is C12H16N2O. The van der Waals surface area contributed by atoms with Gasteiger partial charge in [0.1, 0.15) is 5.75 Å². The third-order valence-electron chi connectivity index (χ3n) is 2.15. The Morgan fingerprint density at radius 1 is 1.40 bits per heavy atom. The molecular weight excluding hydrogens is 188 g/mol. The van der Waals surface area contributed by atoms with Crippen LogP contribution in [-0.2, 0) is 0 Å². The number of nitrogens with zero attached hydrogens (tertiary/aromatic N) is 1. The molecule has 0 saturated heterocycles. The van der Waals surface area contributed by atoms with Gasteiger partial charge in [-0.25, -0.2) is 0 Å². The van der Waals surface area contributed by atoms with Crippen LogP contribution < -0.4 is 10.5 Å². The topological polar surface area (TPSA) is 59.0 Å². The van der Waals surface area contributed by atoms with Crippen molar-refractivity contribution in [2.45, 2.75) is 26.2 Å². The number of nitrogen functional groups attached to an aromatic ring is 1. The predicted molar refractivity (Wildman–Crippen MR) is 60.6 cm³/mol. The largest absolute Gasteiger partial charge is 0.491 e. The van der Waals surface area contributed by atoms with E-state index in [1.165, 1.54) is 0 Å². The average Bonchev–Trinajstić information content (AvgIpc) is 2.26. The molecule has 0 atom stereocenters. The van der Waals surface area contributed by atoms with Gasteiger partial charge in [-0.3, -0.25) is 0 Å². The van der Waals surface area contributed by atoms with E-state index in [0.29, 0.717) is 23.6 Å². The molecule has 2 N–H and O–H groups in total. The van der Waals surface area contributed by atoms with Gasteiger partial charge in [-0.15, -0.1) is 0 Å². The molecule has 0 aliphatic carbocycles. The Morgan fingerprint density at radius 3 is 2.87 bits per heavy atom. The lowest BCUT2D eigenvalue weighted by Gasteiger charge is -2.08. The SMILES string of the molecule is CCCCCOc1cc(C#N)ccc1N.